The second-order valence-electron chi connectivity index (χ2n) is 6.39. The van der Waals surface area contributed by atoms with Crippen molar-refractivity contribution in [2.45, 2.75) is 33.2 Å². The van der Waals surface area contributed by atoms with Gasteiger partial charge < -0.3 is 19.3 Å². The third-order valence-electron chi connectivity index (χ3n) is 4.18. The van der Waals surface area contributed by atoms with E-state index in [2.05, 4.69) is 24.3 Å². The molecule has 0 fully saturated rings. The summed E-state index contributed by atoms with van der Waals surface area (Å²) in [5.41, 5.74) is 2.21. The van der Waals surface area contributed by atoms with Gasteiger partial charge >= 0.3 is 0 Å². The zero-order valence-corrected chi connectivity index (χ0v) is 15.2. The van der Waals surface area contributed by atoms with Crippen LogP contribution in [0.5, 0.6) is 11.5 Å². The molecule has 0 saturated carbocycles. The number of nitrogens with one attached hydrogen (secondary N) is 1. The predicted octanol–water partition coefficient (Wildman–Crippen LogP) is 3.46. The molecule has 1 amide bonds. The Hall–Kier alpha value is -2.21. The van der Waals surface area contributed by atoms with Crippen molar-refractivity contribution in [3.8, 4) is 11.5 Å². The second kappa shape index (κ2) is 7.35. The standard InChI is InChI=1S/C18H21ClN2O4/c1-10(2)17(12-4-5-14-15(8-12)24-7-6-23-14)20-16(22)9-13-11(3)21-25-18(13)19/h4-5,8,10,17H,6-7,9H2,1-3H3,(H,20,22)/t17-/m1/s1. The van der Waals surface area contributed by atoms with Crippen molar-refractivity contribution in [3.05, 3.63) is 40.2 Å². The first kappa shape index (κ1) is 17.6. The van der Waals surface area contributed by atoms with Crippen LogP contribution in [0.1, 0.15) is 36.7 Å². The maximum absolute atomic E-state index is 12.5. The molecule has 1 aromatic heterocycles. The van der Waals surface area contributed by atoms with Crippen molar-refractivity contribution < 1.29 is 18.8 Å². The zero-order chi connectivity index (χ0) is 18.0. The molecule has 3 rings (SSSR count). The van der Waals surface area contributed by atoms with Crippen LogP contribution >= 0.6 is 11.6 Å². The molecular weight excluding hydrogens is 344 g/mol. The van der Waals surface area contributed by atoms with Gasteiger partial charge in [0.1, 0.15) is 13.2 Å². The Morgan fingerprint density at radius 3 is 2.64 bits per heavy atom. The molecule has 134 valence electrons. The van der Waals surface area contributed by atoms with Crippen LogP contribution in [-0.4, -0.2) is 24.3 Å². The first-order valence-corrected chi connectivity index (χ1v) is 8.63. The molecular formula is C18H21ClN2O4. The van der Waals surface area contributed by atoms with Crippen molar-refractivity contribution in [2.75, 3.05) is 13.2 Å². The van der Waals surface area contributed by atoms with Gasteiger partial charge in [0.15, 0.2) is 11.5 Å². The molecule has 0 aliphatic carbocycles. The lowest BCUT2D eigenvalue weighted by atomic mass is 9.95. The Morgan fingerprint density at radius 1 is 1.28 bits per heavy atom. The molecule has 0 spiro atoms. The maximum atomic E-state index is 12.5. The molecule has 0 saturated heterocycles. The van der Waals surface area contributed by atoms with Crippen LogP contribution in [0.4, 0.5) is 0 Å². The topological polar surface area (TPSA) is 73.6 Å². The zero-order valence-electron chi connectivity index (χ0n) is 14.5. The lowest BCUT2D eigenvalue weighted by Gasteiger charge is -2.25. The van der Waals surface area contributed by atoms with E-state index in [9.17, 15) is 4.79 Å². The van der Waals surface area contributed by atoms with Crippen LogP contribution in [0.2, 0.25) is 5.22 Å². The minimum atomic E-state index is -0.151. The number of carbonyl (C=O) groups excluding carboxylic acids is 1. The largest absolute Gasteiger partial charge is 0.486 e. The monoisotopic (exact) mass is 364 g/mol. The van der Waals surface area contributed by atoms with E-state index in [0.717, 1.165) is 11.3 Å². The van der Waals surface area contributed by atoms with E-state index in [1.165, 1.54) is 0 Å². The van der Waals surface area contributed by atoms with E-state index in [1.807, 2.05) is 18.2 Å². The molecule has 1 atom stereocenters. The van der Waals surface area contributed by atoms with Gasteiger partial charge in [-0.05, 0) is 42.1 Å². The molecule has 7 heteroatoms. The molecule has 0 bridgehead atoms. The molecule has 0 unspecified atom stereocenters. The number of aryl methyl sites for hydroxylation is 1. The number of carbonyl (C=O) groups is 1. The molecule has 1 aromatic carbocycles. The van der Waals surface area contributed by atoms with Gasteiger partial charge in [0.05, 0.1) is 18.2 Å². The molecule has 2 heterocycles. The van der Waals surface area contributed by atoms with Crippen molar-refractivity contribution in [2.24, 2.45) is 5.92 Å². The molecule has 25 heavy (non-hydrogen) atoms. The van der Waals surface area contributed by atoms with E-state index < -0.39 is 0 Å². The number of hydrogen-bond donors (Lipinski definition) is 1. The first-order chi connectivity index (χ1) is 12.0. The molecule has 6 nitrogen and oxygen atoms in total. The third kappa shape index (κ3) is 3.90. The van der Waals surface area contributed by atoms with Crippen LogP contribution in [0, 0.1) is 12.8 Å². The summed E-state index contributed by atoms with van der Waals surface area (Å²) in [5, 5.41) is 7.00. The normalized spacial score (nSPS) is 14.4. The van der Waals surface area contributed by atoms with Crippen LogP contribution in [-0.2, 0) is 11.2 Å². The Kier molecular flexibility index (Phi) is 5.18. The number of halogens is 1. The minimum Gasteiger partial charge on any atom is -0.486 e. The summed E-state index contributed by atoms with van der Waals surface area (Å²) in [7, 11) is 0. The molecule has 1 aliphatic rings. The van der Waals surface area contributed by atoms with Gasteiger partial charge in [-0.3, -0.25) is 4.79 Å². The highest BCUT2D eigenvalue weighted by Gasteiger charge is 2.23. The average molecular weight is 365 g/mol. The molecule has 1 aliphatic heterocycles. The third-order valence-corrected chi connectivity index (χ3v) is 4.48. The summed E-state index contributed by atoms with van der Waals surface area (Å²) in [4.78, 5) is 12.5. The van der Waals surface area contributed by atoms with Gasteiger partial charge in [0.2, 0.25) is 11.1 Å². The van der Waals surface area contributed by atoms with Crippen LogP contribution in [0.25, 0.3) is 0 Å². The summed E-state index contributed by atoms with van der Waals surface area (Å²) >= 11 is 5.95. The van der Waals surface area contributed by atoms with E-state index in [4.69, 9.17) is 25.6 Å². The maximum Gasteiger partial charge on any atom is 0.229 e. The van der Waals surface area contributed by atoms with Gasteiger partial charge in [-0.25, -0.2) is 0 Å². The van der Waals surface area contributed by atoms with E-state index in [1.54, 1.807) is 6.92 Å². The molecule has 2 aromatic rings. The highest BCUT2D eigenvalue weighted by Crippen LogP contribution is 2.34. The number of rotatable bonds is 5. The highest BCUT2D eigenvalue weighted by atomic mass is 35.5. The Bertz CT molecular complexity index is 753. The molecule has 0 radical (unpaired) electrons. The highest BCUT2D eigenvalue weighted by molar-refractivity contribution is 6.29. The van der Waals surface area contributed by atoms with Crippen molar-refractivity contribution >= 4 is 17.5 Å². The smallest absolute Gasteiger partial charge is 0.229 e. The quantitative estimate of drug-likeness (QED) is 0.879. The number of ether oxygens (including phenoxy) is 2. The van der Waals surface area contributed by atoms with Crippen molar-refractivity contribution in [1.29, 1.82) is 0 Å². The van der Waals surface area contributed by atoms with E-state index >= 15 is 0 Å². The van der Waals surface area contributed by atoms with Crippen LogP contribution < -0.4 is 14.8 Å². The fraction of sp³-hybridized carbons (Fsp3) is 0.444. The van der Waals surface area contributed by atoms with Crippen LogP contribution in [0.3, 0.4) is 0 Å². The Balaban J connectivity index is 1.76. The second-order valence-corrected chi connectivity index (χ2v) is 6.73. The number of nitrogens with zero attached hydrogens (tertiary/aromatic N) is 1. The lowest BCUT2D eigenvalue weighted by Crippen LogP contribution is -2.33. The van der Waals surface area contributed by atoms with Gasteiger partial charge in [-0.15, -0.1) is 0 Å². The fourth-order valence-corrected chi connectivity index (χ4v) is 3.07. The summed E-state index contributed by atoms with van der Waals surface area (Å²) in [5.74, 6) is 1.50. The SMILES string of the molecule is Cc1noc(Cl)c1CC(=O)N[C@@H](c1ccc2c(c1)OCCO2)C(C)C. The number of hydrogen-bond acceptors (Lipinski definition) is 5. The first-order valence-electron chi connectivity index (χ1n) is 8.25. The summed E-state index contributed by atoms with van der Waals surface area (Å²) in [6.07, 6.45) is 0.127. The number of amides is 1. The number of fused-ring (bicyclic) bond motifs is 1. The summed E-state index contributed by atoms with van der Waals surface area (Å²) < 4.78 is 16.1. The van der Waals surface area contributed by atoms with Crippen molar-refractivity contribution in [3.63, 3.8) is 0 Å². The van der Waals surface area contributed by atoms with Crippen LogP contribution in [0.15, 0.2) is 22.7 Å². The number of aromatic nitrogens is 1. The van der Waals surface area contributed by atoms with Gasteiger partial charge in [-0.1, -0.05) is 25.1 Å². The predicted molar refractivity (Wildman–Crippen MR) is 93.1 cm³/mol. The Labute approximate surface area is 151 Å². The Morgan fingerprint density at radius 2 is 2.00 bits per heavy atom. The fourth-order valence-electron chi connectivity index (χ4n) is 2.83. The van der Waals surface area contributed by atoms with E-state index in [-0.39, 0.29) is 29.5 Å². The van der Waals surface area contributed by atoms with Crippen molar-refractivity contribution in [1.82, 2.24) is 10.5 Å². The van der Waals surface area contributed by atoms with Gasteiger partial charge in [-0.2, -0.15) is 0 Å². The summed E-state index contributed by atoms with van der Waals surface area (Å²) in [6.45, 7) is 6.95. The lowest BCUT2D eigenvalue weighted by molar-refractivity contribution is -0.121. The van der Waals surface area contributed by atoms with E-state index in [0.29, 0.717) is 30.2 Å². The average Bonchev–Trinajstić information content (AvgIpc) is 2.91. The van der Waals surface area contributed by atoms with Gasteiger partial charge in [0, 0.05) is 5.56 Å². The number of benzene rings is 1. The van der Waals surface area contributed by atoms with Gasteiger partial charge in [0.25, 0.3) is 0 Å². The summed E-state index contributed by atoms with van der Waals surface area (Å²) in [6, 6.07) is 5.61. The molecule has 1 N–H and O–H groups in total. The minimum absolute atomic E-state index is 0.127.